The Labute approximate surface area is 173 Å². The molecule has 2 aromatic carbocycles. The van der Waals surface area contributed by atoms with Gasteiger partial charge in [0.1, 0.15) is 16.8 Å². The quantitative estimate of drug-likeness (QED) is 0.736. The summed E-state index contributed by atoms with van der Waals surface area (Å²) in [6.45, 7) is 4.72. The topological polar surface area (TPSA) is 71.0 Å². The zero-order chi connectivity index (χ0) is 20.8. The molecule has 1 saturated heterocycles. The van der Waals surface area contributed by atoms with Gasteiger partial charge in [0.15, 0.2) is 5.17 Å². The van der Waals surface area contributed by atoms with Gasteiger partial charge in [-0.25, -0.2) is 9.38 Å². The SMILES string of the molecule is CCOc1cccc(NC(=O)C[C@H]2SC(=Nc3ccc(F)cc3)N(CC)C2=O)c1. The molecule has 3 rings (SSSR count). The number of amidine groups is 1. The van der Waals surface area contributed by atoms with Gasteiger partial charge in [-0.05, 0) is 50.2 Å². The van der Waals surface area contributed by atoms with Gasteiger partial charge in [0.25, 0.3) is 0 Å². The van der Waals surface area contributed by atoms with Crippen molar-refractivity contribution in [3.05, 3.63) is 54.3 Å². The molecule has 0 aliphatic carbocycles. The van der Waals surface area contributed by atoms with Crippen molar-refractivity contribution in [2.45, 2.75) is 25.5 Å². The standard InChI is InChI=1S/C21H22FN3O3S/c1-3-25-20(27)18(29-21(25)24-15-10-8-14(22)9-11-15)13-19(26)23-16-6-5-7-17(12-16)28-4-2/h5-12,18H,3-4,13H2,1-2H3,(H,23,26)/t18-/m1/s1. The Morgan fingerprint density at radius 3 is 2.69 bits per heavy atom. The lowest BCUT2D eigenvalue weighted by molar-refractivity contribution is -0.128. The van der Waals surface area contributed by atoms with Crippen molar-refractivity contribution in [3.8, 4) is 5.75 Å². The van der Waals surface area contributed by atoms with Crippen LogP contribution in [0.4, 0.5) is 15.8 Å². The van der Waals surface area contributed by atoms with Crippen LogP contribution in [0.2, 0.25) is 0 Å². The molecule has 1 heterocycles. The summed E-state index contributed by atoms with van der Waals surface area (Å²) in [4.78, 5) is 31.1. The van der Waals surface area contributed by atoms with E-state index in [0.717, 1.165) is 0 Å². The van der Waals surface area contributed by atoms with E-state index in [4.69, 9.17) is 4.74 Å². The summed E-state index contributed by atoms with van der Waals surface area (Å²) in [5.74, 6) is -0.0953. The van der Waals surface area contributed by atoms with Gasteiger partial charge in [0.2, 0.25) is 11.8 Å². The van der Waals surface area contributed by atoms with Crippen molar-refractivity contribution < 1.29 is 18.7 Å². The Balaban J connectivity index is 1.67. The summed E-state index contributed by atoms with van der Waals surface area (Å²) in [6.07, 6.45) is 0.0291. The maximum atomic E-state index is 13.1. The number of aliphatic imine (C=N–C) groups is 1. The fraction of sp³-hybridized carbons (Fsp3) is 0.286. The van der Waals surface area contributed by atoms with E-state index in [0.29, 0.717) is 35.4 Å². The van der Waals surface area contributed by atoms with Gasteiger partial charge in [0, 0.05) is 24.7 Å². The van der Waals surface area contributed by atoms with Crippen LogP contribution in [0.25, 0.3) is 0 Å². The van der Waals surface area contributed by atoms with Crippen molar-refractivity contribution >= 4 is 40.1 Å². The highest BCUT2D eigenvalue weighted by Gasteiger charge is 2.38. The van der Waals surface area contributed by atoms with Crippen LogP contribution in [0.15, 0.2) is 53.5 Å². The minimum atomic E-state index is -0.552. The third-order valence-corrected chi connectivity index (χ3v) is 5.36. The molecule has 0 aromatic heterocycles. The van der Waals surface area contributed by atoms with Crippen molar-refractivity contribution in [1.29, 1.82) is 0 Å². The smallest absolute Gasteiger partial charge is 0.242 e. The number of halogens is 1. The normalized spacial score (nSPS) is 17.6. The molecule has 0 spiro atoms. The van der Waals surface area contributed by atoms with Crippen LogP contribution in [-0.4, -0.2) is 40.3 Å². The molecule has 0 bridgehead atoms. The summed E-state index contributed by atoms with van der Waals surface area (Å²) in [5.41, 5.74) is 1.17. The predicted octanol–water partition coefficient (Wildman–Crippen LogP) is 4.20. The van der Waals surface area contributed by atoms with Gasteiger partial charge in [0.05, 0.1) is 12.3 Å². The number of anilines is 1. The Morgan fingerprint density at radius 1 is 1.24 bits per heavy atom. The first-order valence-corrected chi connectivity index (χ1v) is 10.2. The second kappa shape index (κ2) is 9.56. The maximum absolute atomic E-state index is 13.1. The second-order valence-corrected chi connectivity index (χ2v) is 7.44. The molecule has 1 aliphatic heterocycles. The molecule has 0 radical (unpaired) electrons. The van der Waals surface area contributed by atoms with Gasteiger partial charge in [-0.15, -0.1) is 0 Å². The fourth-order valence-electron chi connectivity index (χ4n) is 2.85. The number of nitrogens with zero attached hydrogens (tertiary/aromatic N) is 2. The minimum absolute atomic E-state index is 0.0291. The average molecular weight is 415 g/mol. The van der Waals surface area contributed by atoms with Crippen molar-refractivity contribution in [2.75, 3.05) is 18.5 Å². The van der Waals surface area contributed by atoms with E-state index in [-0.39, 0.29) is 24.1 Å². The summed E-state index contributed by atoms with van der Waals surface area (Å²) in [5, 5.41) is 2.77. The van der Waals surface area contributed by atoms with Crippen LogP contribution in [0.3, 0.4) is 0 Å². The van der Waals surface area contributed by atoms with E-state index in [1.165, 1.54) is 23.9 Å². The monoisotopic (exact) mass is 415 g/mol. The molecule has 0 saturated carbocycles. The van der Waals surface area contributed by atoms with Crippen molar-refractivity contribution in [3.63, 3.8) is 0 Å². The number of benzene rings is 2. The van der Waals surface area contributed by atoms with Gasteiger partial charge in [-0.2, -0.15) is 0 Å². The number of ether oxygens (including phenoxy) is 1. The molecule has 1 fully saturated rings. The largest absolute Gasteiger partial charge is 0.494 e. The van der Waals surface area contributed by atoms with E-state index in [9.17, 15) is 14.0 Å². The Bertz CT molecular complexity index is 918. The predicted molar refractivity (Wildman–Crippen MR) is 113 cm³/mol. The number of carbonyl (C=O) groups is 2. The lowest BCUT2D eigenvalue weighted by Crippen LogP contribution is -2.33. The highest BCUT2D eigenvalue weighted by atomic mass is 32.2. The molecule has 29 heavy (non-hydrogen) atoms. The lowest BCUT2D eigenvalue weighted by Gasteiger charge is -2.13. The molecule has 0 unspecified atom stereocenters. The van der Waals surface area contributed by atoms with Gasteiger partial charge < -0.3 is 10.1 Å². The summed E-state index contributed by atoms with van der Waals surface area (Å²) in [7, 11) is 0. The van der Waals surface area contributed by atoms with Gasteiger partial charge in [-0.1, -0.05) is 17.8 Å². The van der Waals surface area contributed by atoms with E-state index in [1.54, 1.807) is 35.2 Å². The summed E-state index contributed by atoms with van der Waals surface area (Å²) < 4.78 is 18.5. The van der Waals surface area contributed by atoms with Crippen LogP contribution >= 0.6 is 11.8 Å². The third-order valence-electron chi connectivity index (χ3n) is 4.19. The Hall–Kier alpha value is -2.87. The zero-order valence-corrected chi connectivity index (χ0v) is 17.0. The molecule has 1 aliphatic rings. The first kappa shape index (κ1) is 20.9. The van der Waals surface area contributed by atoms with Crippen LogP contribution in [0, 0.1) is 5.82 Å². The Kier molecular flexibility index (Phi) is 6.87. The highest BCUT2D eigenvalue weighted by Crippen LogP contribution is 2.31. The van der Waals surface area contributed by atoms with Crippen LogP contribution < -0.4 is 10.1 Å². The van der Waals surface area contributed by atoms with E-state index in [2.05, 4.69) is 10.3 Å². The molecule has 2 aromatic rings. The number of rotatable bonds is 7. The number of hydrogen-bond acceptors (Lipinski definition) is 5. The maximum Gasteiger partial charge on any atom is 0.242 e. The number of carbonyl (C=O) groups excluding carboxylic acids is 2. The average Bonchev–Trinajstić information content (AvgIpc) is 2.98. The number of thioether (sulfide) groups is 1. The van der Waals surface area contributed by atoms with Crippen molar-refractivity contribution in [1.82, 2.24) is 4.90 Å². The van der Waals surface area contributed by atoms with Crippen molar-refractivity contribution in [2.24, 2.45) is 4.99 Å². The lowest BCUT2D eigenvalue weighted by atomic mass is 10.2. The highest BCUT2D eigenvalue weighted by molar-refractivity contribution is 8.15. The molecule has 1 N–H and O–H groups in total. The molecule has 6 nitrogen and oxygen atoms in total. The second-order valence-electron chi connectivity index (χ2n) is 6.27. The fourth-order valence-corrected chi connectivity index (χ4v) is 4.07. The zero-order valence-electron chi connectivity index (χ0n) is 16.2. The Morgan fingerprint density at radius 2 is 2.00 bits per heavy atom. The molecule has 2 amide bonds. The third kappa shape index (κ3) is 5.35. The number of amides is 2. The molecule has 8 heteroatoms. The molecule has 152 valence electrons. The van der Waals surface area contributed by atoms with Crippen LogP contribution in [0.5, 0.6) is 5.75 Å². The number of hydrogen-bond donors (Lipinski definition) is 1. The van der Waals surface area contributed by atoms with E-state index in [1.807, 2.05) is 19.9 Å². The molecular weight excluding hydrogens is 393 g/mol. The first-order valence-electron chi connectivity index (χ1n) is 9.35. The first-order chi connectivity index (χ1) is 14.0. The van der Waals surface area contributed by atoms with Gasteiger partial charge in [-0.3, -0.25) is 14.5 Å². The van der Waals surface area contributed by atoms with E-state index < -0.39 is 5.25 Å². The molecule has 1 atom stereocenters. The van der Waals surface area contributed by atoms with Crippen LogP contribution in [-0.2, 0) is 9.59 Å². The summed E-state index contributed by atoms with van der Waals surface area (Å²) >= 11 is 1.25. The van der Waals surface area contributed by atoms with Gasteiger partial charge >= 0.3 is 0 Å². The minimum Gasteiger partial charge on any atom is -0.494 e. The molecular formula is C21H22FN3O3S. The summed E-state index contributed by atoms with van der Waals surface area (Å²) in [6, 6.07) is 12.8. The van der Waals surface area contributed by atoms with E-state index >= 15 is 0 Å². The van der Waals surface area contributed by atoms with Crippen LogP contribution in [0.1, 0.15) is 20.3 Å². The number of nitrogens with one attached hydrogen (secondary N) is 1.